The van der Waals surface area contributed by atoms with Crippen molar-refractivity contribution in [1.29, 1.82) is 0 Å². The van der Waals surface area contributed by atoms with Crippen LogP contribution in [-0.4, -0.2) is 37.0 Å². The van der Waals surface area contributed by atoms with E-state index in [0.717, 1.165) is 12.8 Å². The Morgan fingerprint density at radius 1 is 1.43 bits per heavy atom. The van der Waals surface area contributed by atoms with E-state index in [9.17, 15) is 18.0 Å². The van der Waals surface area contributed by atoms with Crippen LogP contribution in [0.25, 0.3) is 0 Å². The fourth-order valence-electron chi connectivity index (χ4n) is 1.20. The molecule has 0 bridgehead atoms. The van der Waals surface area contributed by atoms with Gasteiger partial charge >= 0.3 is 6.18 Å². The predicted molar refractivity (Wildman–Crippen MR) is 45.9 cm³/mol. The molecule has 1 aliphatic carbocycles. The molecule has 14 heavy (non-hydrogen) atoms. The molecular weight excluding hydrogens is 195 g/mol. The maximum atomic E-state index is 11.8. The molecule has 0 saturated heterocycles. The molecule has 0 aliphatic heterocycles. The molecule has 1 rings (SSSR count). The molecule has 0 atom stereocenters. The average Bonchev–Trinajstić information content (AvgIpc) is 2.81. The first-order valence-corrected chi connectivity index (χ1v) is 4.66. The molecule has 2 nitrogen and oxygen atoms in total. The Kier molecular flexibility index (Phi) is 3.53. The van der Waals surface area contributed by atoms with Crippen LogP contribution in [0.2, 0.25) is 0 Å². The lowest BCUT2D eigenvalue weighted by molar-refractivity contribution is -0.139. The first-order valence-electron chi connectivity index (χ1n) is 4.66. The molecule has 1 saturated carbocycles. The zero-order valence-electron chi connectivity index (χ0n) is 8.10. The van der Waals surface area contributed by atoms with Crippen molar-refractivity contribution >= 4 is 5.78 Å². The molecule has 0 aromatic rings. The fraction of sp³-hybridized carbons (Fsp3) is 0.889. The van der Waals surface area contributed by atoms with Crippen LogP contribution in [0, 0.1) is 5.92 Å². The van der Waals surface area contributed by atoms with E-state index in [4.69, 9.17) is 0 Å². The van der Waals surface area contributed by atoms with E-state index in [1.807, 2.05) is 0 Å². The van der Waals surface area contributed by atoms with Gasteiger partial charge in [-0.15, -0.1) is 0 Å². The Morgan fingerprint density at radius 2 is 2.00 bits per heavy atom. The average molecular weight is 209 g/mol. The van der Waals surface area contributed by atoms with Crippen LogP contribution in [0.15, 0.2) is 0 Å². The number of hydrogen-bond donors (Lipinski definition) is 0. The largest absolute Gasteiger partial charge is 0.390 e. The molecular formula is C9H14F3NO. The summed E-state index contributed by atoms with van der Waals surface area (Å²) in [6.07, 6.45) is -3.16. The van der Waals surface area contributed by atoms with Crippen LogP contribution in [0.1, 0.15) is 19.3 Å². The highest BCUT2D eigenvalue weighted by Gasteiger charge is 2.31. The molecule has 82 valence electrons. The number of carbonyl (C=O) groups excluding carboxylic acids is 1. The van der Waals surface area contributed by atoms with Crippen LogP contribution in [-0.2, 0) is 4.79 Å². The van der Waals surface area contributed by atoms with Gasteiger partial charge < -0.3 is 0 Å². The minimum Gasteiger partial charge on any atom is -0.299 e. The number of likely N-dealkylation sites (N-methyl/N-ethyl adjacent to an activating group) is 1. The monoisotopic (exact) mass is 209 g/mol. The van der Waals surface area contributed by atoms with Crippen LogP contribution < -0.4 is 0 Å². The normalized spacial score (nSPS) is 17.5. The van der Waals surface area contributed by atoms with Crippen LogP contribution >= 0.6 is 0 Å². The SMILES string of the molecule is CN(CCC(F)(F)F)CC(=O)C1CC1. The number of Topliss-reactive ketones (excluding diaryl/α,β-unsaturated/α-hetero) is 1. The van der Waals surface area contributed by atoms with Crippen LogP contribution in [0.3, 0.4) is 0 Å². The quantitative estimate of drug-likeness (QED) is 0.688. The molecule has 0 heterocycles. The van der Waals surface area contributed by atoms with Crippen molar-refractivity contribution in [1.82, 2.24) is 4.90 Å². The molecule has 0 amide bonds. The maximum absolute atomic E-state index is 11.8. The van der Waals surface area contributed by atoms with Crippen molar-refractivity contribution in [2.45, 2.75) is 25.4 Å². The highest BCUT2D eigenvalue weighted by molar-refractivity contribution is 5.84. The van der Waals surface area contributed by atoms with Gasteiger partial charge in [0.1, 0.15) is 5.78 Å². The van der Waals surface area contributed by atoms with Gasteiger partial charge in [0.2, 0.25) is 0 Å². The van der Waals surface area contributed by atoms with Crippen molar-refractivity contribution in [3.63, 3.8) is 0 Å². The predicted octanol–water partition coefficient (Wildman–Crippen LogP) is 1.85. The Hall–Kier alpha value is -0.580. The molecule has 0 unspecified atom stereocenters. The Labute approximate surface area is 81.1 Å². The van der Waals surface area contributed by atoms with Gasteiger partial charge in [-0.25, -0.2) is 0 Å². The lowest BCUT2D eigenvalue weighted by Crippen LogP contribution is -2.30. The number of nitrogens with zero attached hydrogens (tertiary/aromatic N) is 1. The lowest BCUT2D eigenvalue weighted by atomic mass is 10.2. The van der Waals surface area contributed by atoms with Crippen LogP contribution in [0.5, 0.6) is 0 Å². The Balaban J connectivity index is 2.15. The minimum absolute atomic E-state index is 0.0784. The van der Waals surface area contributed by atoms with E-state index in [-0.39, 0.29) is 24.8 Å². The van der Waals surface area contributed by atoms with E-state index in [2.05, 4.69) is 0 Å². The van der Waals surface area contributed by atoms with Gasteiger partial charge in [-0.1, -0.05) is 0 Å². The summed E-state index contributed by atoms with van der Waals surface area (Å²) in [7, 11) is 1.55. The summed E-state index contributed by atoms with van der Waals surface area (Å²) in [6.45, 7) is 0.0582. The van der Waals surface area contributed by atoms with Gasteiger partial charge in [0.25, 0.3) is 0 Å². The number of ketones is 1. The molecule has 1 fully saturated rings. The van der Waals surface area contributed by atoms with Crippen molar-refractivity contribution in [3.05, 3.63) is 0 Å². The second-order valence-electron chi connectivity index (χ2n) is 3.84. The number of halogens is 3. The van der Waals surface area contributed by atoms with Crippen molar-refractivity contribution in [2.24, 2.45) is 5.92 Å². The van der Waals surface area contributed by atoms with Crippen molar-refractivity contribution < 1.29 is 18.0 Å². The third-order valence-corrected chi connectivity index (χ3v) is 2.24. The minimum atomic E-state index is -4.13. The van der Waals surface area contributed by atoms with E-state index in [1.54, 1.807) is 7.05 Å². The Morgan fingerprint density at radius 3 is 2.43 bits per heavy atom. The van der Waals surface area contributed by atoms with E-state index >= 15 is 0 Å². The van der Waals surface area contributed by atoms with Gasteiger partial charge in [-0.05, 0) is 19.9 Å². The zero-order chi connectivity index (χ0) is 10.8. The standard InChI is InChI=1S/C9H14F3NO/c1-13(5-4-9(10,11)12)6-8(14)7-2-3-7/h7H,2-6H2,1H3. The summed E-state index contributed by atoms with van der Waals surface area (Å²) in [5, 5.41) is 0. The lowest BCUT2D eigenvalue weighted by Gasteiger charge is -2.16. The third kappa shape index (κ3) is 4.60. The smallest absolute Gasteiger partial charge is 0.299 e. The van der Waals surface area contributed by atoms with Gasteiger partial charge in [-0.2, -0.15) is 13.2 Å². The third-order valence-electron chi connectivity index (χ3n) is 2.24. The summed E-state index contributed by atoms with van der Waals surface area (Å²) < 4.78 is 35.4. The summed E-state index contributed by atoms with van der Waals surface area (Å²) in [5.74, 6) is 0.206. The van der Waals surface area contributed by atoms with E-state index in [1.165, 1.54) is 4.90 Å². The number of alkyl halides is 3. The summed E-state index contributed by atoms with van der Waals surface area (Å²) in [5.41, 5.74) is 0. The fourth-order valence-corrected chi connectivity index (χ4v) is 1.20. The maximum Gasteiger partial charge on any atom is 0.390 e. The van der Waals surface area contributed by atoms with Crippen molar-refractivity contribution in [2.75, 3.05) is 20.1 Å². The van der Waals surface area contributed by atoms with Crippen molar-refractivity contribution in [3.8, 4) is 0 Å². The topological polar surface area (TPSA) is 20.3 Å². The molecule has 1 aliphatic rings. The molecule has 0 spiro atoms. The number of hydrogen-bond acceptors (Lipinski definition) is 2. The van der Waals surface area contributed by atoms with Gasteiger partial charge in [0, 0.05) is 12.5 Å². The van der Waals surface area contributed by atoms with Gasteiger partial charge in [0.05, 0.1) is 13.0 Å². The van der Waals surface area contributed by atoms with E-state index in [0.29, 0.717) is 0 Å². The highest BCUT2D eigenvalue weighted by Crippen LogP contribution is 2.30. The molecule has 5 heteroatoms. The molecule has 0 aromatic carbocycles. The summed E-state index contributed by atoms with van der Waals surface area (Å²) in [6, 6.07) is 0. The number of rotatable bonds is 5. The first-order chi connectivity index (χ1) is 6.38. The molecule has 0 aromatic heterocycles. The number of carbonyl (C=O) groups is 1. The van der Waals surface area contributed by atoms with Crippen LogP contribution in [0.4, 0.5) is 13.2 Å². The van der Waals surface area contributed by atoms with E-state index < -0.39 is 12.6 Å². The Bertz CT molecular complexity index is 211. The summed E-state index contributed by atoms with van der Waals surface area (Å²) in [4.78, 5) is 12.7. The first kappa shape index (κ1) is 11.5. The van der Waals surface area contributed by atoms with Gasteiger partial charge in [-0.3, -0.25) is 9.69 Å². The summed E-state index contributed by atoms with van der Waals surface area (Å²) >= 11 is 0. The highest BCUT2D eigenvalue weighted by atomic mass is 19.4. The van der Waals surface area contributed by atoms with Gasteiger partial charge in [0.15, 0.2) is 0 Å². The molecule has 0 radical (unpaired) electrons. The second kappa shape index (κ2) is 4.29. The zero-order valence-corrected chi connectivity index (χ0v) is 8.10. The molecule has 0 N–H and O–H groups in total. The second-order valence-corrected chi connectivity index (χ2v) is 3.84.